The maximum absolute atomic E-state index is 11.9. The molecule has 0 bridgehead atoms. The second-order valence-electron chi connectivity index (χ2n) is 4.53. The van der Waals surface area contributed by atoms with Gasteiger partial charge in [-0.2, -0.15) is 8.42 Å². The molecular formula is C13H22N2O4S. The number of nitrogens with two attached hydrogens (primary N) is 2. The largest absolute Gasteiger partial charge is 0.397 e. The second-order valence-corrected chi connectivity index (χ2v) is 6.11. The van der Waals surface area contributed by atoms with Crippen LogP contribution in [0.5, 0.6) is 0 Å². The lowest BCUT2D eigenvalue weighted by molar-refractivity contribution is 0.279. The van der Waals surface area contributed by atoms with E-state index >= 15 is 0 Å². The van der Waals surface area contributed by atoms with E-state index in [-0.39, 0.29) is 29.5 Å². The quantitative estimate of drug-likeness (QED) is 0.361. The number of benzene rings is 1. The van der Waals surface area contributed by atoms with Crippen molar-refractivity contribution in [3.63, 3.8) is 0 Å². The van der Waals surface area contributed by atoms with E-state index in [1.165, 1.54) is 18.2 Å². The van der Waals surface area contributed by atoms with Gasteiger partial charge in [0.1, 0.15) is 4.90 Å². The Morgan fingerprint density at radius 2 is 1.70 bits per heavy atom. The van der Waals surface area contributed by atoms with E-state index in [1.807, 2.05) is 0 Å². The number of anilines is 2. The van der Waals surface area contributed by atoms with Crippen molar-refractivity contribution in [2.75, 3.05) is 24.7 Å². The molecular weight excluding hydrogens is 280 g/mol. The molecule has 0 saturated heterocycles. The molecule has 0 fully saturated rings. The van der Waals surface area contributed by atoms with Gasteiger partial charge in [-0.05, 0) is 25.0 Å². The van der Waals surface area contributed by atoms with Crippen molar-refractivity contribution in [3.8, 4) is 0 Å². The molecule has 0 aromatic heterocycles. The van der Waals surface area contributed by atoms with Gasteiger partial charge in [-0.1, -0.05) is 25.3 Å². The Labute approximate surface area is 119 Å². The molecule has 0 aliphatic rings. The van der Waals surface area contributed by atoms with Crippen LogP contribution in [0.25, 0.3) is 0 Å². The van der Waals surface area contributed by atoms with Crippen LogP contribution < -0.4 is 11.5 Å². The molecule has 20 heavy (non-hydrogen) atoms. The van der Waals surface area contributed by atoms with Crippen LogP contribution in [0.2, 0.25) is 0 Å². The van der Waals surface area contributed by atoms with Gasteiger partial charge >= 0.3 is 0 Å². The number of hydrogen-bond acceptors (Lipinski definition) is 6. The third-order valence-electron chi connectivity index (χ3n) is 2.91. The molecule has 5 N–H and O–H groups in total. The normalized spacial score (nSPS) is 11.7. The SMILES string of the molecule is Nc1cccc(S(=O)(=O)OCCCCCCCO)c1N. The summed E-state index contributed by atoms with van der Waals surface area (Å²) in [4.78, 5) is -0.0854. The highest BCUT2D eigenvalue weighted by molar-refractivity contribution is 7.87. The van der Waals surface area contributed by atoms with Crippen molar-refractivity contribution < 1.29 is 17.7 Å². The Hall–Kier alpha value is -1.31. The molecule has 0 atom stereocenters. The molecule has 0 aliphatic carbocycles. The Bertz CT molecular complexity index is 517. The van der Waals surface area contributed by atoms with Crippen molar-refractivity contribution in [3.05, 3.63) is 18.2 Å². The summed E-state index contributed by atoms with van der Waals surface area (Å²) in [5, 5.41) is 8.62. The number of para-hydroxylation sites is 1. The van der Waals surface area contributed by atoms with Crippen LogP contribution >= 0.6 is 0 Å². The average Bonchev–Trinajstić information content (AvgIpc) is 2.40. The molecule has 0 radical (unpaired) electrons. The molecule has 114 valence electrons. The predicted molar refractivity (Wildman–Crippen MR) is 78.6 cm³/mol. The first-order valence-corrected chi connectivity index (χ1v) is 8.04. The Morgan fingerprint density at radius 1 is 1.05 bits per heavy atom. The van der Waals surface area contributed by atoms with Crippen molar-refractivity contribution in [2.24, 2.45) is 0 Å². The van der Waals surface area contributed by atoms with Crippen LogP contribution in [-0.4, -0.2) is 26.7 Å². The summed E-state index contributed by atoms with van der Waals surface area (Å²) in [5.74, 6) is 0. The highest BCUT2D eigenvalue weighted by Crippen LogP contribution is 2.25. The smallest absolute Gasteiger partial charge is 0.299 e. The van der Waals surface area contributed by atoms with Crippen LogP contribution in [-0.2, 0) is 14.3 Å². The van der Waals surface area contributed by atoms with Gasteiger partial charge in [0.05, 0.1) is 18.0 Å². The molecule has 1 aromatic carbocycles. The summed E-state index contributed by atoms with van der Waals surface area (Å²) in [6.07, 6.45) is 4.17. The lowest BCUT2D eigenvalue weighted by atomic mass is 10.2. The van der Waals surface area contributed by atoms with E-state index in [4.69, 9.17) is 20.8 Å². The van der Waals surface area contributed by atoms with Crippen molar-refractivity contribution in [1.82, 2.24) is 0 Å². The number of aliphatic hydroxyl groups excluding tert-OH is 1. The van der Waals surface area contributed by atoms with Gasteiger partial charge in [-0.25, -0.2) is 0 Å². The minimum atomic E-state index is -3.86. The molecule has 1 aromatic rings. The zero-order chi connectivity index (χ0) is 15.0. The van der Waals surface area contributed by atoms with Gasteiger partial charge in [0.15, 0.2) is 0 Å². The first-order valence-electron chi connectivity index (χ1n) is 6.63. The molecule has 1 rings (SSSR count). The lowest BCUT2D eigenvalue weighted by Gasteiger charge is -2.09. The summed E-state index contributed by atoms with van der Waals surface area (Å²) in [6.45, 7) is 0.315. The van der Waals surface area contributed by atoms with Gasteiger partial charge in [0.2, 0.25) is 0 Å². The number of nitrogen functional groups attached to an aromatic ring is 2. The topological polar surface area (TPSA) is 116 Å². The van der Waals surface area contributed by atoms with Gasteiger partial charge in [0.25, 0.3) is 10.1 Å². The minimum Gasteiger partial charge on any atom is -0.397 e. The number of hydrogen-bond donors (Lipinski definition) is 3. The molecule has 0 amide bonds. The minimum absolute atomic E-state index is 0.0236. The van der Waals surface area contributed by atoms with Crippen molar-refractivity contribution in [1.29, 1.82) is 0 Å². The highest BCUT2D eigenvalue weighted by atomic mass is 32.2. The van der Waals surface area contributed by atoms with Crippen molar-refractivity contribution in [2.45, 2.75) is 37.0 Å². The van der Waals surface area contributed by atoms with Gasteiger partial charge in [-0.15, -0.1) is 0 Å². The molecule has 0 saturated carbocycles. The Morgan fingerprint density at radius 3 is 2.40 bits per heavy atom. The van der Waals surface area contributed by atoms with E-state index in [9.17, 15) is 8.42 Å². The summed E-state index contributed by atoms with van der Waals surface area (Å²) in [6, 6.07) is 4.44. The fourth-order valence-electron chi connectivity index (χ4n) is 1.76. The van der Waals surface area contributed by atoms with Gasteiger partial charge in [0, 0.05) is 6.61 Å². The zero-order valence-corrected chi connectivity index (χ0v) is 12.2. The highest BCUT2D eigenvalue weighted by Gasteiger charge is 2.19. The molecule has 0 aliphatic heterocycles. The summed E-state index contributed by atoms with van der Waals surface area (Å²) in [5.41, 5.74) is 11.5. The van der Waals surface area contributed by atoms with Gasteiger partial charge in [-0.3, -0.25) is 4.18 Å². The second kappa shape index (κ2) is 8.08. The first kappa shape index (κ1) is 16.7. The van der Waals surface area contributed by atoms with Crippen molar-refractivity contribution >= 4 is 21.5 Å². The monoisotopic (exact) mass is 302 g/mol. The number of rotatable bonds is 9. The number of aliphatic hydroxyl groups is 1. The molecule has 0 heterocycles. The first-order chi connectivity index (χ1) is 9.49. The van der Waals surface area contributed by atoms with Crippen LogP contribution in [0.4, 0.5) is 11.4 Å². The van der Waals surface area contributed by atoms with E-state index in [0.717, 1.165) is 25.7 Å². The van der Waals surface area contributed by atoms with Gasteiger partial charge < -0.3 is 16.6 Å². The molecule has 0 unspecified atom stereocenters. The fourth-order valence-corrected chi connectivity index (χ4v) is 2.85. The number of unbranched alkanes of at least 4 members (excludes halogenated alkanes) is 4. The van der Waals surface area contributed by atoms with Crippen LogP contribution in [0.1, 0.15) is 32.1 Å². The average molecular weight is 302 g/mol. The van der Waals surface area contributed by atoms with E-state index < -0.39 is 10.1 Å². The maximum Gasteiger partial charge on any atom is 0.299 e. The van der Waals surface area contributed by atoms with E-state index in [2.05, 4.69) is 0 Å². The van der Waals surface area contributed by atoms with Crippen LogP contribution in [0, 0.1) is 0 Å². The Balaban J connectivity index is 2.44. The lowest BCUT2D eigenvalue weighted by Crippen LogP contribution is -2.11. The van der Waals surface area contributed by atoms with Crippen LogP contribution in [0.15, 0.2) is 23.1 Å². The standard InChI is InChI=1S/C13H22N2O4S/c14-11-7-6-8-12(13(11)15)20(17,18)19-10-5-3-1-2-4-9-16/h6-8,16H,1-5,9-10,14-15H2. The molecule has 7 heteroatoms. The predicted octanol–water partition coefficient (Wildman–Crippen LogP) is 1.50. The maximum atomic E-state index is 11.9. The summed E-state index contributed by atoms with van der Waals surface area (Å²) >= 11 is 0. The molecule has 0 spiro atoms. The van der Waals surface area contributed by atoms with Crippen LogP contribution in [0.3, 0.4) is 0 Å². The van der Waals surface area contributed by atoms with E-state index in [0.29, 0.717) is 6.42 Å². The summed E-state index contributed by atoms with van der Waals surface area (Å²) < 4.78 is 28.8. The fraction of sp³-hybridized carbons (Fsp3) is 0.538. The van der Waals surface area contributed by atoms with E-state index in [1.54, 1.807) is 0 Å². The third kappa shape index (κ3) is 4.99. The Kier molecular flexibility index (Phi) is 6.77. The third-order valence-corrected chi connectivity index (χ3v) is 4.28. The summed E-state index contributed by atoms with van der Waals surface area (Å²) in [7, 11) is -3.86. The zero-order valence-electron chi connectivity index (χ0n) is 11.4. The molecule has 6 nitrogen and oxygen atoms in total.